The number of nitrogens with one attached hydrogen (secondary N) is 1. The zero-order valence-electron chi connectivity index (χ0n) is 11.4. The third-order valence-corrected chi connectivity index (χ3v) is 3.74. The number of para-hydroxylation sites is 1. The average Bonchev–Trinajstić information content (AvgIpc) is 2.30. The smallest absolute Gasteiger partial charge is 0.238 e. The number of benzene rings is 1. The van der Waals surface area contributed by atoms with E-state index in [1.807, 2.05) is 31.2 Å². The number of carbonyl (C=O) groups excluding carboxylic acids is 1. The Labute approximate surface area is 114 Å². The minimum absolute atomic E-state index is 0.00495. The van der Waals surface area contributed by atoms with Crippen LogP contribution in [0.5, 0.6) is 0 Å². The van der Waals surface area contributed by atoms with E-state index in [-0.39, 0.29) is 12.5 Å². The summed E-state index contributed by atoms with van der Waals surface area (Å²) in [6, 6.07) is 8.23. The molecular weight excluding hydrogens is 240 g/mol. The summed E-state index contributed by atoms with van der Waals surface area (Å²) in [7, 11) is 0. The number of aliphatic hydroxyl groups excluding tert-OH is 1. The number of carbonyl (C=O) groups is 1. The molecule has 104 valence electrons. The molecule has 2 N–H and O–H groups in total. The lowest BCUT2D eigenvalue weighted by Gasteiger charge is -2.36. The SMILES string of the molecule is Cc1ccccc1NC(=O)CN(CCO)C1CCC1. The Hall–Kier alpha value is -1.39. The number of rotatable bonds is 6. The molecule has 0 atom stereocenters. The van der Waals surface area contributed by atoms with E-state index in [1.54, 1.807) is 0 Å². The van der Waals surface area contributed by atoms with E-state index in [0.29, 0.717) is 19.1 Å². The monoisotopic (exact) mass is 262 g/mol. The molecule has 1 amide bonds. The third-order valence-electron chi connectivity index (χ3n) is 3.74. The van der Waals surface area contributed by atoms with Crippen molar-refractivity contribution in [1.29, 1.82) is 0 Å². The van der Waals surface area contributed by atoms with Crippen LogP contribution in [0.15, 0.2) is 24.3 Å². The maximum absolute atomic E-state index is 12.1. The third kappa shape index (κ3) is 3.78. The van der Waals surface area contributed by atoms with Crippen molar-refractivity contribution in [3.8, 4) is 0 Å². The molecule has 0 aliphatic heterocycles. The molecule has 0 radical (unpaired) electrons. The van der Waals surface area contributed by atoms with Gasteiger partial charge >= 0.3 is 0 Å². The van der Waals surface area contributed by atoms with Gasteiger partial charge < -0.3 is 10.4 Å². The lowest BCUT2D eigenvalue weighted by molar-refractivity contribution is -0.118. The first-order valence-corrected chi connectivity index (χ1v) is 6.91. The van der Waals surface area contributed by atoms with Crippen LogP contribution in [-0.4, -0.2) is 41.7 Å². The van der Waals surface area contributed by atoms with Crippen LogP contribution in [0.4, 0.5) is 5.69 Å². The van der Waals surface area contributed by atoms with Crippen LogP contribution in [0, 0.1) is 6.92 Å². The maximum Gasteiger partial charge on any atom is 0.238 e. The maximum atomic E-state index is 12.1. The van der Waals surface area contributed by atoms with Gasteiger partial charge in [-0.15, -0.1) is 0 Å². The predicted molar refractivity (Wildman–Crippen MR) is 76.1 cm³/mol. The van der Waals surface area contributed by atoms with Crippen LogP contribution < -0.4 is 5.32 Å². The number of hydrogen-bond donors (Lipinski definition) is 2. The van der Waals surface area contributed by atoms with Crippen molar-refractivity contribution in [1.82, 2.24) is 4.90 Å². The van der Waals surface area contributed by atoms with Crippen molar-refractivity contribution in [3.63, 3.8) is 0 Å². The van der Waals surface area contributed by atoms with Gasteiger partial charge in [0.2, 0.25) is 5.91 Å². The average molecular weight is 262 g/mol. The molecule has 4 nitrogen and oxygen atoms in total. The highest BCUT2D eigenvalue weighted by molar-refractivity contribution is 5.92. The minimum atomic E-state index is -0.00495. The Morgan fingerprint density at radius 2 is 2.16 bits per heavy atom. The van der Waals surface area contributed by atoms with Crippen LogP contribution in [0.2, 0.25) is 0 Å². The minimum Gasteiger partial charge on any atom is -0.395 e. The Balaban J connectivity index is 1.90. The number of aliphatic hydroxyl groups is 1. The molecule has 1 fully saturated rings. The largest absolute Gasteiger partial charge is 0.395 e. The summed E-state index contributed by atoms with van der Waals surface area (Å²) < 4.78 is 0. The van der Waals surface area contributed by atoms with Crippen LogP contribution in [-0.2, 0) is 4.79 Å². The van der Waals surface area contributed by atoms with E-state index < -0.39 is 0 Å². The van der Waals surface area contributed by atoms with E-state index in [9.17, 15) is 4.79 Å². The zero-order valence-corrected chi connectivity index (χ0v) is 11.4. The first kappa shape index (κ1) is 14.0. The van der Waals surface area contributed by atoms with Crippen molar-refractivity contribution in [2.75, 3.05) is 25.0 Å². The second kappa shape index (κ2) is 6.68. The van der Waals surface area contributed by atoms with Gasteiger partial charge in [0.05, 0.1) is 13.2 Å². The van der Waals surface area contributed by atoms with Crippen molar-refractivity contribution in [2.45, 2.75) is 32.2 Å². The molecule has 1 aliphatic carbocycles. The molecular formula is C15H22N2O2. The molecule has 0 unspecified atom stereocenters. The second-order valence-electron chi connectivity index (χ2n) is 5.14. The molecule has 19 heavy (non-hydrogen) atoms. The predicted octanol–water partition coefficient (Wildman–Crippen LogP) is 1.78. The van der Waals surface area contributed by atoms with Gasteiger partial charge in [-0.1, -0.05) is 24.6 Å². The summed E-state index contributed by atoms with van der Waals surface area (Å²) in [5.74, 6) is -0.00495. The van der Waals surface area contributed by atoms with E-state index in [0.717, 1.165) is 24.1 Å². The lowest BCUT2D eigenvalue weighted by atomic mass is 9.91. The topological polar surface area (TPSA) is 52.6 Å². The zero-order chi connectivity index (χ0) is 13.7. The summed E-state index contributed by atoms with van der Waals surface area (Å²) in [5, 5.41) is 12.0. The first-order valence-electron chi connectivity index (χ1n) is 6.91. The molecule has 2 rings (SSSR count). The van der Waals surface area contributed by atoms with Crippen molar-refractivity contribution in [3.05, 3.63) is 29.8 Å². The second-order valence-corrected chi connectivity index (χ2v) is 5.14. The fraction of sp³-hybridized carbons (Fsp3) is 0.533. The molecule has 4 heteroatoms. The molecule has 1 aromatic rings. The summed E-state index contributed by atoms with van der Waals surface area (Å²) in [5.41, 5.74) is 1.93. The highest BCUT2D eigenvalue weighted by Gasteiger charge is 2.26. The standard InChI is InChI=1S/C15H22N2O2/c1-12-5-2-3-8-14(12)16-15(19)11-17(9-10-18)13-6-4-7-13/h2-3,5,8,13,18H,4,6-7,9-11H2,1H3,(H,16,19). The Bertz CT molecular complexity index is 430. The van der Waals surface area contributed by atoms with Crippen molar-refractivity contribution in [2.24, 2.45) is 0 Å². The number of nitrogens with zero attached hydrogens (tertiary/aromatic N) is 1. The molecule has 0 aromatic heterocycles. The van der Waals surface area contributed by atoms with Crippen LogP contribution in [0.1, 0.15) is 24.8 Å². The Kier molecular flexibility index (Phi) is 4.93. The fourth-order valence-electron chi connectivity index (χ4n) is 2.36. The lowest BCUT2D eigenvalue weighted by Crippen LogP contribution is -2.45. The summed E-state index contributed by atoms with van der Waals surface area (Å²) in [6.07, 6.45) is 3.50. The number of anilines is 1. The van der Waals surface area contributed by atoms with Crippen molar-refractivity contribution < 1.29 is 9.90 Å². The van der Waals surface area contributed by atoms with E-state index in [2.05, 4.69) is 10.2 Å². The molecule has 1 aliphatic rings. The Morgan fingerprint density at radius 1 is 1.42 bits per heavy atom. The van der Waals surface area contributed by atoms with Gasteiger partial charge in [0.1, 0.15) is 0 Å². The van der Waals surface area contributed by atoms with Crippen LogP contribution in [0.3, 0.4) is 0 Å². The highest BCUT2D eigenvalue weighted by atomic mass is 16.3. The fourth-order valence-corrected chi connectivity index (χ4v) is 2.36. The molecule has 1 aromatic carbocycles. The van der Waals surface area contributed by atoms with Gasteiger partial charge in [0.15, 0.2) is 0 Å². The van der Waals surface area contributed by atoms with Gasteiger partial charge in [-0.05, 0) is 31.4 Å². The van der Waals surface area contributed by atoms with E-state index >= 15 is 0 Å². The molecule has 1 saturated carbocycles. The van der Waals surface area contributed by atoms with Gasteiger partial charge in [-0.2, -0.15) is 0 Å². The normalized spacial score (nSPS) is 15.3. The highest BCUT2D eigenvalue weighted by Crippen LogP contribution is 2.24. The Morgan fingerprint density at radius 3 is 2.74 bits per heavy atom. The molecule has 0 spiro atoms. The molecule has 0 heterocycles. The molecule has 0 saturated heterocycles. The van der Waals surface area contributed by atoms with Gasteiger partial charge in [-0.25, -0.2) is 0 Å². The summed E-state index contributed by atoms with van der Waals surface area (Å²) >= 11 is 0. The van der Waals surface area contributed by atoms with Crippen LogP contribution >= 0.6 is 0 Å². The quantitative estimate of drug-likeness (QED) is 0.821. The summed E-state index contributed by atoms with van der Waals surface area (Å²) in [4.78, 5) is 14.1. The number of hydrogen-bond acceptors (Lipinski definition) is 3. The van der Waals surface area contributed by atoms with Gasteiger partial charge in [0.25, 0.3) is 0 Å². The van der Waals surface area contributed by atoms with Crippen molar-refractivity contribution >= 4 is 11.6 Å². The molecule has 0 bridgehead atoms. The number of amides is 1. The van der Waals surface area contributed by atoms with Crippen LogP contribution in [0.25, 0.3) is 0 Å². The van der Waals surface area contributed by atoms with Gasteiger partial charge in [0, 0.05) is 18.3 Å². The summed E-state index contributed by atoms with van der Waals surface area (Å²) in [6.45, 7) is 3.02. The number of aryl methyl sites for hydroxylation is 1. The van der Waals surface area contributed by atoms with E-state index in [1.165, 1.54) is 6.42 Å². The first-order chi connectivity index (χ1) is 9.20. The van der Waals surface area contributed by atoms with E-state index in [4.69, 9.17) is 5.11 Å². The van der Waals surface area contributed by atoms with Gasteiger partial charge in [-0.3, -0.25) is 9.69 Å².